The van der Waals surface area contributed by atoms with E-state index in [4.69, 9.17) is 9.47 Å². The number of carbonyl (C=O) groups is 1. The second-order valence-corrected chi connectivity index (χ2v) is 3.41. The molecule has 1 amide bonds. The van der Waals surface area contributed by atoms with Gasteiger partial charge in [-0.1, -0.05) is 12.1 Å². The molecule has 0 saturated heterocycles. The minimum Gasteiger partial charge on any atom is -0.493 e. The molecule has 4 nitrogen and oxygen atoms in total. The van der Waals surface area contributed by atoms with Crippen molar-refractivity contribution in [2.45, 2.75) is 13.5 Å². The van der Waals surface area contributed by atoms with E-state index in [1.54, 1.807) is 27.2 Å². The third-order valence-electron chi connectivity index (χ3n) is 2.23. The van der Waals surface area contributed by atoms with E-state index in [0.717, 1.165) is 5.56 Å². The average molecular weight is 235 g/mol. The van der Waals surface area contributed by atoms with Crippen LogP contribution in [0.2, 0.25) is 0 Å². The molecule has 0 bridgehead atoms. The molecule has 1 N–H and O–H groups in total. The van der Waals surface area contributed by atoms with E-state index in [2.05, 4.69) is 5.32 Å². The zero-order chi connectivity index (χ0) is 12.7. The quantitative estimate of drug-likeness (QED) is 0.793. The van der Waals surface area contributed by atoms with Crippen molar-refractivity contribution in [3.8, 4) is 11.5 Å². The number of hydrogen-bond donors (Lipinski definition) is 1. The van der Waals surface area contributed by atoms with E-state index >= 15 is 0 Å². The summed E-state index contributed by atoms with van der Waals surface area (Å²) < 4.78 is 10.3. The Morgan fingerprint density at radius 2 is 2.00 bits per heavy atom. The first-order valence-corrected chi connectivity index (χ1v) is 5.32. The Bertz CT molecular complexity index is 413. The largest absolute Gasteiger partial charge is 0.493 e. The van der Waals surface area contributed by atoms with Crippen LogP contribution in [-0.2, 0) is 11.3 Å². The molecule has 0 aromatic heterocycles. The summed E-state index contributed by atoms with van der Waals surface area (Å²) in [5.41, 5.74) is 0.959. The van der Waals surface area contributed by atoms with Gasteiger partial charge in [0.25, 0.3) is 0 Å². The van der Waals surface area contributed by atoms with E-state index < -0.39 is 0 Å². The first kappa shape index (κ1) is 13.1. The van der Waals surface area contributed by atoms with Crippen LogP contribution in [0.5, 0.6) is 11.5 Å². The topological polar surface area (TPSA) is 47.6 Å². The first-order valence-electron chi connectivity index (χ1n) is 5.32. The molecule has 0 fully saturated rings. The summed E-state index contributed by atoms with van der Waals surface area (Å²) >= 11 is 0. The number of methoxy groups -OCH3 is 2. The Labute approximate surface area is 101 Å². The van der Waals surface area contributed by atoms with Gasteiger partial charge in [-0.05, 0) is 30.7 Å². The van der Waals surface area contributed by atoms with E-state index in [1.165, 1.54) is 6.08 Å². The summed E-state index contributed by atoms with van der Waals surface area (Å²) in [7, 11) is 3.17. The minimum absolute atomic E-state index is 0.109. The van der Waals surface area contributed by atoms with Crippen molar-refractivity contribution in [2.24, 2.45) is 0 Å². The van der Waals surface area contributed by atoms with Crippen LogP contribution < -0.4 is 14.8 Å². The Morgan fingerprint density at radius 1 is 1.29 bits per heavy atom. The summed E-state index contributed by atoms with van der Waals surface area (Å²) in [6.07, 6.45) is 3.19. The fourth-order valence-corrected chi connectivity index (χ4v) is 1.39. The fraction of sp³-hybridized carbons (Fsp3) is 0.308. The van der Waals surface area contributed by atoms with Crippen LogP contribution in [0.15, 0.2) is 30.4 Å². The minimum atomic E-state index is -0.109. The molecule has 1 aromatic rings. The Balaban J connectivity index is 2.69. The molecule has 1 aromatic carbocycles. The van der Waals surface area contributed by atoms with E-state index in [-0.39, 0.29) is 5.91 Å². The lowest BCUT2D eigenvalue weighted by Gasteiger charge is -2.09. The highest BCUT2D eigenvalue weighted by Gasteiger charge is 2.04. The summed E-state index contributed by atoms with van der Waals surface area (Å²) in [6.45, 7) is 2.26. The molecule has 17 heavy (non-hydrogen) atoms. The van der Waals surface area contributed by atoms with Crippen molar-refractivity contribution < 1.29 is 14.3 Å². The van der Waals surface area contributed by atoms with Gasteiger partial charge in [-0.15, -0.1) is 0 Å². The predicted octanol–water partition coefficient (Wildman–Crippen LogP) is 1.90. The fourth-order valence-electron chi connectivity index (χ4n) is 1.39. The normalized spacial score (nSPS) is 10.3. The molecule has 0 unspecified atom stereocenters. The van der Waals surface area contributed by atoms with Gasteiger partial charge in [-0.3, -0.25) is 4.79 Å². The molecule has 0 aliphatic heterocycles. The van der Waals surface area contributed by atoms with Gasteiger partial charge in [0, 0.05) is 6.54 Å². The molecule has 0 spiro atoms. The van der Waals surface area contributed by atoms with Gasteiger partial charge in [0.15, 0.2) is 11.5 Å². The van der Waals surface area contributed by atoms with Gasteiger partial charge in [0.1, 0.15) is 0 Å². The lowest BCUT2D eigenvalue weighted by atomic mass is 10.2. The second kappa shape index (κ2) is 6.58. The van der Waals surface area contributed by atoms with E-state index in [1.807, 2.05) is 18.2 Å². The van der Waals surface area contributed by atoms with Crippen molar-refractivity contribution in [1.29, 1.82) is 0 Å². The summed E-state index contributed by atoms with van der Waals surface area (Å²) in [6, 6.07) is 5.54. The summed E-state index contributed by atoms with van der Waals surface area (Å²) in [5, 5.41) is 2.77. The molecule has 0 radical (unpaired) electrons. The van der Waals surface area contributed by atoms with Gasteiger partial charge in [-0.2, -0.15) is 0 Å². The highest BCUT2D eigenvalue weighted by Crippen LogP contribution is 2.27. The first-order chi connectivity index (χ1) is 8.21. The Hall–Kier alpha value is -1.97. The van der Waals surface area contributed by atoms with Gasteiger partial charge in [0.2, 0.25) is 5.91 Å². The van der Waals surface area contributed by atoms with Gasteiger partial charge in [0.05, 0.1) is 14.2 Å². The highest BCUT2D eigenvalue weighted by atomic mass is 16.5. The van der Waals surface area contributed by atoms with Crippen molar-refractivity contribution in [3.05, 3.63) is 35.9 Å². The smallest absolute Gasteiger partial charge is 0.243 e. The number of carbonyl (C=O) groups excluding carboxylic acids is 1. The maximum atomic E-state index is 11.2. The van der Waals surface area contributed by atoms with Crippen LogP contribution in [0.25, 0.3) is 0 Å². The lowest BCUT2D eigenvalue weighted by molar-refractivity contribution is -0.116. The molecule has 0 aliphatic rings. The molecule has 0 saturated carbocycles. The number of benzene rings is 1. The van der Waals surface area contributed by atoms with Gasteiger partial charge >= 0.3 is 0 Å². The number of rotatable bonds is 5. The third kappa shape index (κ3) is 3.83. The standard InChI is InChI=1S/C13H17NO3/c1-4-5-13(15)14-9-10-6-7-11(16-2)12(8-10)17-3/h4-8H,9H2,1-3H3,(H,14,15)/b5-4-. The van der Waals surface area contributed by atoms with Gasteiger partial charge in [-0.25, -0.2) is 0 Å². The monoisotopic (exact) mass is 235 g/mol. The Morgan fingerprint density at radius 3 is 2.59 bits per heavy atom. The highest BCUT2D eigenvalue weighted by molar-refractivity contribution is 5.87. The van der Waals surface area contributed by atoms with Crippen molar-refractivity contribution in [1.82, 2.24) is 5.32 Å². The van der Waals surface area contributed by atoms with Crippen LogP contribution in [0.4, 0.5) is 0 Å². The zero-order valence-electron chi connectivity index (χ0n) is 10.3. The number of allylic oxidation sites excluding steroid dienone is 1. The molecular weight excluding hydrogens is 218 g/mol. The van der Waals surface area contributed by atoms with E-state index in [9.17, 15) is 4.79 Å². The molecule has 0 aliphatic carbocycles. The number of nitrogens with one attached hydrogen (secondary N) is 1. The average Bonchev–Trinajstić information content (AvgIpc) is 2.36. The van der Waals surface area contributed by atoms with Crippen molar-refractivity contribution in [2.75, 3.05) is 14.2 Å². The van der Waals surface area contributed by atoms with Crippen molar-refractivity contribution in [3.63, 3.8) is 0 Å². The molecular formula is C13H17NO3. The third-order valence-corrected chi connectivity index (χ3v) is 2.23. The predicted molar refractivity (Wildman–Crippen MR) is 66.2 cm³/mol. The van der Waals surface area contributed by atoms with Crippen LogP contribution in [-0.4, -0.2) is 20.1 Å². The molecule has 1 rings (SSSR count). The SMILES string of the molecule is C/C=C\C(=O)NCc1ccc(OC)c(OC)c1. The maximum absolute atomic E-state index is 11.2. The van der Waals surface area contributed by atoms with Gasteiger partial charge < -0.3 is 14.8 Å². The Kier molecular flexibility index (Phi) is 5.07. The zero-order valence-corrected chi connectivity index (χ0v) is 10.3. The number of hydrogen-bond acceptors (Lipinski definition) is 3. The van der Waals surface area contributed by atoms with Crippen LogP contribution in [0.1, 0.15) is 12.5 Å². The summed E-state index contributed by atoms with van der Waals surface area (Å²) in [4.78, 5) is 11.2. The molecule has 92 valence electrons. The maximum Gasteiger partial charge on any atom is 0.243 e. The molecule has 4 heteroatoms. The molecule has 0 atom stereocenters. The summed E-state index contributed by atoms with van der Waals surface area (Å²) in [5.74, 6) is 1.23. The van der Waals surface area contributed by atoms with E-state index in [0.29, 0.717) is 18.0 Å². The van der Waals surface area contributed by atoms with Crippen LogP contribution in [0.3, 0.4) is 0 Å². The number of amides is 1. The number of ether oxygens (including phenoxy) is 2. The second-order valence-electron chi connectivity index (χ2n) is 3.41. The van der Waals surface area contributed by atoms with Crippen molar-refractivity contribution >= 4 is 5.91 Å². The van der Waals surface area contributed by atoms with Crippen LogP contribution in [0, 0.1) is 0 Å². The lowest BCUT2D eigenvalue weighted by Crippen LogP contribution is -2.20. The molecule has 0 heterocycles. The van der Waals surface area contributed by atoms with Crippen LogP contribution >= 0.6 is 0 Å².